The molecule has 0 bridgehead atoms. The lowest BCUT2D eigenvalue weighted by atomic mass is 10.1. The van der Waals surface area contributed by atoms with Gasteiger partial charge in [0.15, 0.2) is 23.3 Å². The highest BCUT2D eigenvalue weighted by molar-refractivity contribution is 5.94. The molecule has 0 radical (unpaired) electrons. The molecule has 33 nitrogen and oxygen atoms in total. The number of nitrogens with zero attached hydrogens (tertiary/aromatic N) is 22. The van der Waals surface area contributed by atoms with Crippen molar-refractivity contribution in [1.82, 2.24) is 109 Å². The Morgan fingerprint density at radius 3 is 1.09 bits per heavy atom. The van der Waals surface area contributed by atoms with Gasteiger partial charge in [-0.3, -0.25) is 19.1 Å². The molecule has 0 aliphatic carbocycles. The number of rotatable bonds is 25. The molecule has 33 heteroatoms. The maximum atomic E-state index is 11.4. The third-order valence-electron chi connectivity index (χ3n) is 16.5. The number of nitrogens with one attached hydrogen (secondary N) is 4. The number of primary amides is 1. The Labute approximate surface area is 679 Å². The van der Waals surface area contributed by atoms with Gasteiger partial charge in [-0.2, -0.15) is 49.3 Å². The number of aliphatic hydroxyl groups is 1. The molecule has 15 aromatic heterocycles. The van der Waals surface area contributed by atoms with E-state index in [0.29, 0.717) is 123 Å². The number of ether oxygens (including phenoxy) is 4. The molecule has 16 rings (SSSR count). The van der Waals surface area contributed by atoms with Crippen molar-refractivity contribution < 1.29 is 28.8 Å². The Hall–Kier alpha value is -15.4. The molecule has 118 heavy (non-hydrogen) atoms. The SMILES string of the molecule is Cc1cccc(-n2nc(C)cc2Oc2ccnc(Nc3cccc(C(N)=O)c3)c2)n1.Cc1cccc(-n2nc(C)cc2Oc2ccnc(Nc3cnccn3)c2)n1.Cc1cccc(-n2nc(C)cc2Oc2ccnc(Nc3cnn(CC(C)(C)O)c3)c2)n1.Cc1cccc(-n2nc(C)cc2Oc2ccnc(Nc3cnn(CC(C)C)c3)c2)n1. The van der Waals surface area contributed by atoms with Gasteiger partial charge in [-0.25, -0.2) is 44.9 Å². The van der Waals surface area contributed by atoms with Gasteiger partial charge in [-0.15, -0.1) is 0 Å². The van der Waals surface area contributed by atoms with Crippen molar-refractivity contribution in [3.05, 3.63) is 289 Å². The number of aromatic nitrogens is 22. The highest BCUT2D eigenvalue weighted by atomic mass is 16.5. The fourth-order valence-electron chi connectivity index (χ4n) is 11.6. The molecule has 15 heterocycles. The van der Waals surface area contributed by atoms with Crippen molar-refractivity contribution in [3.8, 4) is 69.8 Å². The number of carbonyl (C=O) groups excluding carboxylic acids is 1. The molecule has 0 spiro atoms. The lowest BCUT2D eigenvalue weighted by Crippen LogP contribution is -2.26. The van der Waals surface area contributed by atoms with Gasteiger partial charge in [-0.1, -0.05) is 44.2 Å². The summed E-state index contributed by atoms with van der Waals surface area (Å²) in [5.74, 6) is 10.6. The molecule has 0 aliphatic heterocycles. The Balaban J connectivity index is 0.000000137. The molecule has 1 amide bonds. The van der Waals surface area contributed by atoms with Gasteiger partial charge in [0.25, 0.3) is 0 Å². The van der Waals surface area contributed by atoms with Crippen LogP contribution in [-0.4, -0.2) is 125 Å². The number of hydrogen-bond donors (Lipinski definition) is 6. The van der Waals surface area contributed by atoms with E-state index in [1.54, 1.807) is 148 Å². The van der Waals surface area contributed by atoms with Crippen LogP contribution >= 0.6 is 0 Å². The second-order valence-electron chi connectivity index (χ2n) is 28.2. The van der Waals surface area contributed by atoms with Crippen molar-refractivity contribution in [1.29, 1.82) is 0 Å². The van der Waals surface area contributed by atoms with E-state index in [0.717, 1.165) is 63.5 Å². The molecule has 0 unspecified atom stereocenters. The summed E-state index contributed by atoms with van der Waals surface area (Å²) < 4.78 is 34.7. The predicted octanol–water partition coefficient (Wildman–Crippen LogP) is 16.0. The minimum absolute atomic E-state index is 0.390. The van der Waals surface area contributed by atoms with E-state index in [4.69, 9.17) is 24.7 Å². The zero-order valence-corrected chi connectivity index (χ0v) is 66.9. The van der Waals surface area contributed by atoms with Gasteiger partial charge in [-0.05, 0) is 166 Å². The quantitative estimate of drug-likeness (QED) is 0.0309. The average Bonchev–Trinajstić information content (AvgIpc) is 1.68. The van der Waals surface area contributed by atoms with Crippen LogP contribution in [0.3, 0.4) is 0 Å². The Morgan fingerprint density at radius 1 is 0.398 bits per heavy atom. The van der Waals surface area contributed by atoms with Crippen LogP contribution in [0.25, 0.3) is 23.3 Å². The largest absolute Gasteiger partial charge is 0.439 e. The molecule has 1 aromatic carbocycles. The second-order valence-corrected chi connectivity index (χ2v) is 28.2. The van der Waals surface area contributed by atoms with Crippen LogP contribution in [0.2, 0.25) is 0 Å². The zero-order valence-electron chi connectivity index (χ0n) is 66.9. The number of carbonyl (C=O) groups is 1. The molecule has 0 saturated heterocycles. The van der Waals surface area contributed by atoms with Crippen LogP contribution < -0.4 is 45.9 Å². The van der Waals surface area contributed by atoms with Crippen molar-refractivity contribution in [2.45, 2.75) is 102 Å². The van der Waals surface area contributed by atoms with E-state index in [-0.39, 0.29) is 0 Å². The maximum absolute atomic E-state index is 11.4. The number of nitrogens with two attached hydrogens (primary N) is 1. The molecule has 0 atom stereocenters. The molecule has 0 aliphatic rings. The molecular formula is C85H87N27O6. The van der Waals surface area contributed by atoms with Gasteiger partial charge in [0.2, 0.25) is 29.4 Å². The second kappa shape index (κ2) is 37.0. The summed E-state index contributed by atoms with van der Waals surface area (Å²) in [6.07, 6.45) is 18.8. The average molecular weight is 1580 g/mol. The monoisotopic (exact) mass is 1580 g/mol. The molecule has 7 N–H and O–H groups in total. The number of pyridine rings is 8. The van der Waals surface area contributed by atoms with Crippen molar-refractivity contribution in [3.63, 3.8) is 0 Å². The summed E-state index contributed by atoms with van der Waals surface area (Å²) in [4.78, 5) is 55.0. The first-order chi connectivity index (χ1) is 56.8. The van der Waals surface area contributed by atoms with Crippen LogP contribution in [0.4, 0.5) is 46.2 Å². The van der Waals surface area contributed by atoms with Crippen LogP contribution in [0, 0.1) is 61.3 Å². The fraction of sp³-hybridized carbons (Fsp3) is 0.188. The van der Waals surface area contributed by atoms with Crippen molar-refractivity contribution in [2.75, 3.05) is 21.3 Å². The first-order valence-electron chi connectivity index (χ1n) is 37.5. The van der Waals surface area contributed by atoms with Crippen LogP contribution in [0.1, 0.15) is 83.6 Å². The molecule has 598 valence electrons. The van der Waals surface area contributed by atoms with Gasteiger partial charge < -0.3 is 51.1 Å². The minimum Gasteiger partial charge on any atom is -0.439 e. The summed E-state index contributed by atoms with van der Waals surface area (Å²) >= 11 is 0. The summed E-state index contributed by atoms with van der Waals surface area (Å²) in [6.45, 7) is 24.4. The molecular weight excluding hydrogens is 1500 g/mol. The summed E-state index contributed by atoms with van der Waals surface area (Å²) in [5, 5.41) is 49.3. The Morgan fingerprint density at radius 2 is 0.746 bits per heavy atom. The first-order valence-corrected chi connectivity index (χ1v) is 37.5. The van der Waals surface area contributed by atoms with Crippen LogP contribution in [-0.2, 0) is 13.1 Å². The molecule has 0 fully saturated rings. The smallest absolute Gasteiger partial charge is 0.248 e. The zero-order chi connectivity index (χ0) is 82.8. The van der Waals surface area contributed by atoms with E-state index >= 15 is 0 Å². The maximum Gasteiger partial charge on any atom is 0.248 e. The lowest BCUT2D eigenvalue weighted by molar-refractivity contribution is 0.0577. The number of anilines is 8. The van der Waals surface area contributed by atoms with E-state index in [9.17, 15) is 9.90 Å². The normalized spacial score (nSPS) is 11.0. The summed E-state index contributed by atoms with van der Waals surface area (Å²) in [6, 6.07) is 51.7. The predicted molar refractivity (Wildman–Crippen MR) is 446 cm³/mol. The highest BCUT2D eigenvalue weighted by Crippen LogP contribution is 2.33. The Kier molecular flexibility index (Phi) is 25.3. The van der Waals surface area contributed by atoms with Gasteiger partial charge >= 0.3 is 0 Å². The lowest BCUT2D eigenvalue weighted by Gasteiger charge is -2.16. The van der Waals surface area contributed by atoms with Crippen LogP contribution in [0.15, 0.2) is 238 Å². The summed E-state index contributed by atoms with van der Waals surface area (Å²) in [5.41, 5.74) is 14.2. The van der Waals surface area contributed by atoms with E-state index in [1.807, 2.05) is 188 Å². The summed E-state index contributed by atoms with van der Waals surface area (Å²) in [7, 11) is 0. The van der Waals surface area contributed by atoms with E-state index < -0.39 is 11.5 Å². The van der Waals surface area contributed by atoms with Crippen molar-refractivity contribution >= 4 is 52.1 Å². The minimum atomic E-state index is -0.845. The Bertz CT molecular complexity index is 6080. The fourth-order valence-corrected chi connectivity index (χ4v) is 11.6. The van der Waals surface area contributed by atoms with E-state index in [1.165, 1.54) is 0 Å². The van der Waals surface area contributed by atoms with Gasteiger partial charge in [0.1, 0.15) is 52.1 Å². The van der Waals surface area contributed by atoms with Gasteiger partial charge in [0, 0.05) is 139 Å². The number of amides is 1. The highest BCUT2D eigenvalue weighted by Gasteiger charge is 2.20. The number of aryl methyl sites for hydroxylation is 8. The first kappa shape index (κ1) is 80.6. The third kappa shape index (κ3) is 22.7. The van der Waals surface area contributed by atoms with Crippen molar-refractivity contribution in [2.24, 2.45) is 11.7 Å². The molecule has 0 saturated carbocycles. The van der Waals surface area contributed by atoms with E-state index in [2.05, 4.69) is 116 Å². The third-order valence-corrected chi connectivity index (χ3v) is 16.5. The number of benzene rings is 1. The standard InChI is InChI=1S/C22H25N7O2.C22H25N7O.C22H20N6O2.C19H17N7O/c1-15-6-5-7-20(25-15)29-21(10-16(2)27-29)31-18-8-9-23-19(11-18)26-17-12-24-28(13-17)14-22(3,4)30;1-15(2)13-28-14-18(12-24-28)26-20-11-19(8-9-23-20)30-22-10-17(4)27-29(22)21-7-5-6-16(3)25-21;1-14-5-3-8-20(25-14)28-21(11-15(2)27-28)30-18-9-10-24-19(13-18)26-17-7-4-6-16(12-17)22(23)29;1-13-4-3-5-18(23-13)26-19(10-14(2)25-26)27-15-6-7-21-16(11-15)24-17-12-20-8-9-22-17/h5-13,30H,14H2,1-4H3,(H,23,26);5-12,14-15H,13H2,1-4H3,(H,23,26);3-13H,1-2H3,(H2,23,29)(H,24,26);3-12H,1-2H3,(H,21,22,24). The number of hydrogen-bond acceptors (Lipinski definition) is 26. The molecule has 16 aromatic rings. The topological polar surface area (TPSA) is 384 Å². The van der Waals surface area contributed by atoms with Crippen LogP contribution in [0.5, 0.6) is 46.5 Å². The van der Waals surface area contributed by atoms with Gasteiger partial charge in [0.05, 0.1) is 64.9 Å².